The molecule has 3 aromatic rings. The number of nitrogen functional groups attached to an aromatic ring is 1. The van der Waals surface area contributed by atoms with E-state index in [2.05, 4.69) is 6.07 Å². The fraction of sp³-hybridized carbons (Fsp3) is 0.100. The number of nitrogens with two attached hydrogens (primary N) is 1. The van der Waals surface area contributed by atoms with Crippen LogP contribution in [0.3, 0.4) is 0 Å². The molecular formula is C20H18NO. The summed E-state index contributed by atoms with van der Waals surface area (Å²) in [5.74, 6) is 1.64. The Hall–Kier alpha value is -2.74. The fourth-order valence-electron chi connectivity index (χ4n) is 2.45. The topological polar surface area (TPSA) is 35.2 Å². The SMILES string of the molecule is Cc1[c]cc(C)c(N)c1-c1ccc(Oc2ccccc2)cc1. The predicted molar refractivity (Wildman–Crippen MR) is 91.1 cm³/mol. The maximum absolute atomic E-state index is 6.23. The lowest BCUT2D eigenvalue weighted by Crippen LogP contribution is -1.96. The zero-order chi connectivity index (χ0) is 15.5. The smallest absolute Gasteiger partial charge is 0.127 e. The molecule has 0 saturated carbocycles. The Labute approximate surface area is 131 Å². The van der Waals surface area contributed by atoms with Crippen molar-refractivity contribution in [3.05, 3.63) is 77.9 Å². The van der Waals surface area contributed by atoms with Gasteiger partial charge >= 0.3 is 0 Å². The molecule has 0 spiro atoms. The third kappa shape index (κ3) is 2.82. The molecule has 0 unspecified atom stereocenters. The molecule has 2 N–H and O–H groups in total. The number of ether oxygens (including phenoxy) is 1. The fourth-order valence-corrected chi connectivity index (χ4v) is 2.45. The van der Waals surface area contributed by atoms with Gasteiger partial charge in [-0.2, -0.15) is 0 Å². The minimum Gasteiger partial charge on any atom is -0.457 e. The Bertz CT molecular complexity index is 777. The molecule has 2 heteroatoms. The molecule has 0 heterocycles. The van der Waals surface area contributed by atoms with Gasteiger partial charge in [0, 0.05) is 11.3 Å². The second-order valence-electron chi connectivity index (χ2n) is 5.32. The van der Waals surface area contributed by atoms with E-state index in [4.69, 9.17) is 10.5 Å². The lowest BCUT2D eigenvalue weighted by atomic mass is 9.96. The minimum atomic E-state index is 0.808. The van der Waals surface area contributed by atoms with Crippen molar-refractivity contribution < 1.29 is 4.74 Å². The molecule has 3 aromatic carbocycles. The summed E-state index contributed by atoms with van der Waals surface area (Å²) < 4.78 is 5.81. The van der Waals surface area contributed by atoms with E-state index in [1.54, 1.807) is 0 Å². The third-order valence-electron chi connectivity index (χ3n) is 3.70. The molecule has 3 rings (SSSR count). The molecule has 0 aliphatic heterocycles. The summed E-state index contributed by atoms with van der Waals surface area (Å²) in [6.07, 6.45) is 0. The summed E-state index contributed by atoms with van der Waals surface area (Å²) in [4.78, 5) is 0. The first-order chi connectivity index (χ1) is 10.6. The second-order valence-corrected chi connectivity index (χ2v) is 5.32. The Morgan fingerprint density at radius 2 is 1.50 bits per heavy atom. The lowest BCUT2D eigenvalue weighted by molar-refractivity contribution is 0.483. The van der Waals surface area contributed by atoms with Gasteiger partial charge < -0.3 is 10.5 Å². The number of aryl methyl sites for hydroxylation is 2. The van der Waals surface area contributed by atoms with Gasteiger partial charge in [0.2, 0.25) is 0 Å². The third-order valence-corrected chi connectivity index (χ3v) is 3.70. The first-order valence-corrected chi connectivity index (χ1v) is 7.26. The summed E-state index contributed by atoms with van der Waals surface area (Å²) >= 11 is 0. The van der Waals surface area contributed by atoms with Crippen LogP contribution in [-0.2, 0) is 0 Å². The molecule has 109 valence electrons. The van der Waals surface area contributed by atoms with Gasteiger partial charge in [0.15, 0.2) is 0 Å². The summed E-state index contributed by atoms with van der Waals surface area (Å²) in [5, 5.41) is 0. The second kappa shape index (κ2) is 5.94. The van der Waals surface area contributed by atoms with Gasteiger partial charge in [-0.05, 0) is 66.9 Å². The number of hydrogen-bond donors (Lipinski definition) is 1. The van der Waals surface area contributed by atoms with Crippen LogP contribution in [0.1, 0.15) is 11.1 Å². The number of para-hydroxylation sites is 1. The number of rotatable bonds is 3. The molecule has 0 aromatic heterocycles. The van der Waals surface area contributed by atoms with Gasteiger partial charge in [-0.15, -0.1) is 0 Å². The molecule has 0 atom stereocenters. The quantitative estimate of drug-likeness (QED) is 0.677. The van der Waals surface area contributed by atoms with E-state index in [0.717, 1.165) is 39.4 Å². The number of benzene rings is 3. The van der Waals surface area contributed by atoms with Crippen molar-refractivity contribution in [2.45, 2.75) is 13.8 Å². The summed E-state index contributed by atoms with van der Waals surface area (Å²) in [6.45, 7) is 4.03. The van der Waals surface area contributed by atoms with Crippen molar-refractivity contribution in [2.75, 3.05) is 5.73 Å². The van der Waals surface area contributed by atoms with Crippen LogP contribution in [-0.4, -0.2) is 0 Å². The van der Waals surface area contributed by atoms with Crippen LogP contribution in [0.15, 0.2) is 60.7 Å². The van der Waals surface area contributed by atoms with Gasteiger partial charge in [0.05, 0.1) is 0 Å². The summed E-state index contributed by atoms with van der Waals surface area (Å²) in [5.41, 5.74) is 11.3. The molecule has 0 aliphatic rings. The van der Waals surface area contributed by atoms with E-state index >= 15 is 0 Å². The first kappa shape index (κ1) is 14.2. The van der Waals surface area contributed by atoms with Gasteiger partial charge in [-0.25, -0.2) is 0 Å². The average molecular weight is 288 g/mol. The Morgan fingerprint density at radius 3 is 2.18 bits per heavy atom. The largest absolute Gasteiger partial charge is 0.457 e. The van der Waals surface area contributed by atoms with E-state index in [0.29, 0.717) is 0 Å². The summed E-state index contributed by atoms with van der Waals surface area (Å²) in [6, 6.07) is 22.9. The standard InChI is InChI=1S/C20H18NO/c1-14-8-9-15(2)20(21)19(14)16-10-12-18(13-11-16)22-17-6-4-3-5-7-17/h3-7,9-13H,21H2,1-2H3. The van der Waals surface area contributed by atoms with Crippen molar-refractivity contribution in [1.82, 2.24) is 0 Å². The van der Waals surface area contributed by atoms with Crippen LogP contribution >= 0.6 is 0 Å². The first-order valence-electron chi connectivity index (χ1n) is 7.26. The van der Waals surface area contributed by atoms with Crippen LogP contribution in [0.5, 0.6) is 11.5 Å². The van der Waals surface area contributed by atoms with Crippen molar-refractivity contribution in [1.29, 1.82) is 0 Å². The van der Waals surface area contributed by atoms with Crippen LogP contribution in [0.25, 0.3) is 11.1 Å². The highest BCUT2D eigenvalue weighted by Gasteiger charge is 2.09. The van der Waals surface area contributed by atoms with Crippen molar-refractivity contribution in [3.63, 3.8) is 0 Å². The normalized spacial score (nSPS) is 10.5. The lowest BCUT2D eigenvalue weighted by Gasteiger charge is -2.13. The van der Waals surface area contributed by atoms with Crippen LogP contribution in [0, 0.1) is 19.9 Å². The van der Waals surface area contributed by atoms with Crippen LogP contribution in [0.2, 0.25) is 0 Å². The average Bonchev–Trinajstić information content (AvgIpc) is 2.54. The van der Waals surface area contributed by atoms with Gasteiger partial charge in [-0.1, -0.05) is 30.3 Å². The predicted octanol–water partition coefficient (Wildman–Crippen LogP) is 5.15. The number of anilines is 1. The molecule has 1 radical (unpaired) electrons. The molecule has 22 heavy (non-hydrogen) atoms. The van der Waals surface area contributed by atoms with E-state index in [1.807, 2.05) is 74.5 Å². The maximum Gasteiger partial charge on any atom is 0.127 e. The number of hydrogen-bond acceptors (Lipinski definition) is 2. The maximum atomic E-state index is 6.23. The van der Waals surface area contributed by atoms with Gasteiger partial charge in [0.1, 0.15) is 11.5 Å². The molecule has 0 aliphatic carbocycles. The van der Waals surface area contributed by atoms with Crippen LogP contribution in [0.4, 0.5) is 5.69 Å². The van der Waals surface area contributed by atoms with E-state index in [9.17, 15) is 0 Å². The Morgan fingerprint density at radius 1 is 0.864 bits per heavy atom. The van der Waals surface area contributed by atoms with Crippen molar-refractivity contribution >= 4 is 5.69 Å². The Kier molecular flexibility index (Phi) is 3.84. The highest BCUT2D eigenvalue weighted by atomic mass is 16.5. The molecule has 0 fully saturated rings. The molecule has 0 amide bonds. The highest BCUT2D eigenvalue weighted by Crippen LogP contribution is 2.33. The van der Waals surface area contributed by atoms with Crippen molar-refractivity contribution in [2.24, 2.45) is 0 Å². The van der Waals surface area contributed by atoms with Gasteiger partial charge in [0.25, 0.3) is 0 Å². The van der Waals surface area contributed by atoms with E-state index in [1.165, 1.54) is 0 Å². The van der Waals surface area contributed by atoms with E-state index in [-0.39, 0.29) is 0 Å². The van der Waals surface area contributed by atoms with Crippen molar-refractivity contribution in [3.8, 4) is 22.6 Å². The van der Waals surface area contributed by atoms with Gasteiger partial charge in [-0.3, -0.25) is 0 Å². The zero-order valence-electron chi connectivity index (χ0n) is 12.8. The zero-order valence-corrected chi connectivity index (χ0v) is 12.8. The molecule has 2 nitrogen and oxygen atoms in total. The van der Waals surface area contributed by atoms with E-state index < -0.39 is 0 Å². The Balaban J connectivity index is 1.91. The minimum absolute atomic E-state index is 0.808. The summed E-state index contributed by atoms with van der Waals surface area (Å²) in [7, 11) is 0. The molecule has 0 saturated heterocycles. The monoisotopic (exact) mass is 288 g/mol. The highest BCUT2D eigenvalue weighted by molar-refractivity contribution is 5.81. The molecular weight excluding hydrogens is 270 g/mol. The van der Waals surface area contributed by atoms with Crippen LogP contribution < -0.4 is 10.5 Å². The molecule has 0 bridgehead atoms.